The average Bonchev–Trinajstić information content (AvgIpc) is 3.37. The molecule has 37 heavy (non-hydrogen) atoms. The van der Waals surface area contributed by atoms with Crippen LogP contribution in [0.15, 0.2) is 54.9 Å². The highest BCUT2D eigenvalue weighted by atomic mass is 16.2. The average molecular weight is 506 g/mol. The molecule has 0 spiro atoms. The van der Waals surface area contributed by atoms with E-state index >= 15 is 0 Å². The number of benzene rings is 1. The number of nitrogens with one attached hydrogen (secondary N) is 1. The van der Waals surface area contributed by atoms with Gasteiger partial charge in [-0.1, -0.05) is 50.6 Å². The highest BCUT2D eigenvalue weighted by Gasteiger charge is 2.42. The van der Waals surface area contributed by atoms with Crippen LogP contribution in [-0.2, 0) is 11.3 Å². The van der Waals surface area contributed by atoms with Crippen LogP contribution in [0.25, 0.3) is 0 Å². The summed E-state index contributed by atoms with van der Waals surface area (Å²) in [4.78, 5) is 35.5. The fourth-order valence-electron chi connectivity index (χ4n) is 6.00. The van der Waals surface area contributed by atoms with Crippen molar-refractivity contribution in [3.8, 4) is 0 Å². The Balaban J connectivity index is 1.50. The van der Waals surface area contributed by atoms with Crippen LogP contribution in [0.3, 0.4) is 0 Å². The van der Waals surface area contributed by atoms with Crippen molar-refractivity contribution in [3.05, 3.63) is 66.0 Å². The van der Waals surface area contributed by atoms with Gasteiger partial charge in [-0.3, -0.25) is 19.5 Å². The fourth-order valence-corrected chi connectivity index (χ4v) is 6.00. The molecule has 1 aliphatic carbocycles. The number of hydrogen-bond acceptors (Lipinski definition) is 5. The predicted octanol–water partition coefficient (Wildman–Crippen LogP) is 3.70. The van der Waals surface area contributed by atoms with E-state index in [4.69, 9.17) is 5.73 Å². The third-order valence-electron chi connectivity index (χ3n) is 7.89. The third kappa shape index (κ3) is 7.39. The van der Waals surface area contributed by atoms with Crippen molar-refractivity contribution in [3.63, 3.8) is 0 Å². The lowest BCUT2D eigenvalue weighted by atomic mass is 9.81. The molecule has 1 aromatic heterocycles. The normalized spacial score (nSPS) is 24.0. The second-order valence-corrected chi connectivity index (χ2v) is 11.3. The first kappa shape index (κ1) is 27.3. The maximum Gasteiger partial charge on any atom is 0.256 e. The molecule has 3 N–H and O–H groups in total. The van der Waals surface area contributed by atoms with E-state index in [2.05, 4.69) is 53.3 Å². The minimum atomic E-state index is -0.489. The van der Waals surface area contributed by atoms with Crippen LogP contribution in [0.2, 0.25) is 0 Å². The quantitative estimate of drug-likeness (QED) is 0.514. The first-order valence-electron chi connectivity index (χ1n) is 13.9. The second-order valence-electron chi connectivity index (χ2n) is 11.3. The molecule has 200 valence electrons. The largest absolute Gasteiger partial charge is 0.354 e. The molecule has 1 aliphatic heterocycles. The van der Waals surface area contributed by atoms with Gasteiger partial charge in [0.25, 0.3) is 5.91 Å². The zero-order chi connectivity index (χ0) is 26.2. The Morgan fingerprint density at radius 1 is 1.11 bits per heavy atom. The van der Waals surface area contributed by atoms with E-state index in [9.17, 15) is 9.59 Å². The summed E-state index contributed by atoms with van der Waals surface area (Å²) >= 11 is 0. The van der Waals surface area contributed by atoms with Crippen LogP contribution >= 0.6 is 0 Å². The number of aromatic nitrogens is 1. The van der Waals surface area contributed by atoms with E-state index in [1.807, 2.05) is 6.07 Å². The lowest BCUT2D eigenvalue weighted by Gasteiger charge is -2.30. The van der Waals surface area contributed by atoms with Gasteiger partial charge in [-0.05, 0) is 67.7 Å². The van der Waals surface area contributed by atoms with Crippen LogP contribution in [-0.4, -0.2) is 64.9 Å². The van der Waals surface area contributed by atoms with Gasteiger partial charge in [0, 0.05) is 44.6 Å². The molecule has 0 bridgehead atoms. The van der Waals surface area contributed by atoms with E-state index in [0.29, 0.717) is 42.8 Å². The Labute approximate surface area is 221 Å². The summed E-state index contributed by atoms with van der Waals surface area (Å²) in [5, 5.41) is 3.22. The Hall–Kier alpha value is -2.77. The summed E-state index contributed by atoms with van der Waals surface area (Å²) < 4.78 is 0. The molecule has 7 nitrogen and oxygen atoms in total. The van der Waals surface area contributed by atoms with Gasteiger partial charge in [0.1, 0.15) is 6.04 Å². The van der Waals surface area contributed by atoms with Crippen LogP contribution < -0.4 is 11.1 Å². The molecule has 4 atom stereocenters. The Morgan fingerprint density at radius 2 is 1.89 bits per heavy atom. The van der Waals surface area contributed by atoms with Gasteiger partial charge in [0.15, 0.2) is 0 Å². The molecule has 2 heterocycles. The number of pyridine rings is 1. The third-order valence-corrected chi connectivity index (χ3v) is 7.89. The fraction of sp³-hybridized carbons (Fsp3) is 0.567. The number of rotatable bonds is 10. The highest BCUT2D eigenvalue weighted by Crippen LogP contribution is 2.29. The Kier molecular flexibility index (Phi) is 9.69. The van der Waals surface area contributed by atoms with Crippen LogP contribution in [0, 0.1) is 17.8 Å². The van der Waals surface area contributed by atoms with Crippen molar-refractivity contribution >= 4 is 11.8 Å². The molecule has 4 unspecified atom stereocenters. The lowest BCUT2D eigenvalue weighted by molar-refractivity contribution is -0.125. The van der Waals surface area contributed by atoms with Crippen molar-refractivity contribution in [2.45, 2.75) is 64.6 Å². The summed E-state index contributed by atoms with van der Waals surface area (Å²) in [5.74, 6) is 1.32. The van der Waals surface area contributed by atoms with Gasteiger partial charge in [-0.25, -0.2) is 0 Å². The van der Waals surface area contributed by atoms with Gasteiger partial charge in [0.05, 0.1) is 5.56 Å². The number of amides is 2. The first-order chi connectivity index (χ1) is 17.9. The number of hydrogen-bond donors (Lipinski definition) is 2. The molecule has 0 radical (unpaired) electrons. The van der Waals surface area contributed by atoms with E-state index < -0.39 is 6.04 Å². The maximum absolute atomic E-state index is 13.6. The first-order valence-corrected chi connectivity index (χ1v) is 13.9. The summed E-state index contributed by atoms with van der Waals surface area (Å²) in [6, 6.07) is 13.6. The van der Waals surface area contributed by atoms with Crippen molar-refractivity contribution in [1.82, 2.24) is 20.1 Å². The SMILES string of the molecule is CC(C)CN(Cc1ccccc1)C1CC(C(=O)NCC2CCCC(CN)C2)N(C(=O)c2cccnc2)C1. The summed E-state index contributed by atoms with van der Waals surface area (Å²) in [6.07, 6.45) is 8.44. The van der Waals surface area contributed by atoms with E-state index in [1.54, 1.807) is 29.4 Å². The van der Waals surface area contributed by atoms with Crippen molar-refractivity contribution in [2.24, 2.45) is 23.5 Å². The minimum Gasteiger partial charge on any atom is -0.354 e. The Morgan fingerprint density at radius 3 is 2.59 bits per heavy atom. The number of likely N-dealkylation sites (tertiary alicyclic amines) is 1. The minimum absolute atomic E-state index is 0.0428. The van der Waals surface area contributed by atoms with Gasteiger partial charge in [-0.2, -0.15) is 0 Å². The van der Waals surface area contributed by atoms with Crippen molar-refractivity contribution in [2.75, 3.05) is 26.2 Å². The Bertz CT molecular complexity index is 1000. The zero-order valence-electron chi connectivity index (χ0n) is 22.4. The van der Waals surface area contributed by atoms with Crippen LogP contribution in [0.5, 0.6) is 0 Å². The topological polar surface area (TPSA) is 91.6 Å². The van der Waals surface area contributed by atoms with E-state index in [1.165, 1.54) is 18.4 Å². The number of nitrogens with zero attached hydrogens (tertiary/aromatic N) is 3. The predicted molar refractivity (Wildman–Crippen MR) is 147 cm³/mol. The number of carbonyl (C=O) groups excluding carboxylic acids is 2. The molecule has 2 aliphatic rings. The summed E-state index contributed by atoms with van der Waals surface area (Å²) in [6.45, 7) is 8.05. The molecule has 2 fully saturated rings. The van der Waals surface area contributed by atoms with Crippen LogP contribution in [0.4, 0.5) is 0 Å². The molecule has 4 rings (SSSR count). The zero-order valence-corrected chi connectivity index (χ0v) is 22.4. The van der Waals surface area contributed by atoms with E-state index in [-0.39, 0.29) is 17.9 Å². The van der Waals surface area contributed by atoms with E-state index in [0.717, 1.165) is 32.5 Å². The molecule has 1 aromatic carbocycles. The molecule has 1 saturated carbocycles. The molecular weight excluding hydrogens is 462 g/mol. The van der Waals surface area contributed by atoms with Gasteiger partial charge < -0.3 is 16.0 Å². The van der Waals surface area contributed by atoms with Gasteiger partial charge in [-0.15, -0.1) is 0 Å². The second kappa shape index (κ2) is 13.2. The van der Waals surface area contributed by atoms with Crippen molar-refractivity contribution in [1.29, 1.82) is 0 Å². The summed E-state index contributed by atoms with van der Waals surface area (Å²) in [5.41, 5.74) is 7.69. The molecule has 1 saturated heterocycles. The molecular formula is C30H43N5O2. The monoisotopic (exact) mass is 505 g/mol. The maximum atomic E-state index is 13.6. The van der Waals surface area contributed by atoms with Crippen molar-refractivity contribution < 1.29 is 9.59 Å². The highest BCUT2D eigenvalue weighted by molar-refractivity contribution is 5.97. The van der Waals surface area contributed by atoms with Gasteiger partial charge in [0.2, 0.25) is 5.91 Å². The molecule has 7 heteroatoms. The van der Waals surface area contributed by atoms with Gasteiger partial charge >= 0.3 is 0 Å². The molecule has 2 aromatic rings. The molecule has 2 amide bonds. The smallest absolute Gasteiger partial charge is 0.256 e. The number of nitrogens with two attached hydrogens (primary N) is 1. The summed E-state index contributed by atoms with van der Waals surface area (Å²) in [7, 11) is 0. The van der Waals surface area contributed by atoms with Crippen LogP contribution in [0.1, 0.15) is 61.9 Å². The number of carbonyl (C=O) groups is 2. The standard InChI is InChI=1S/C30H43N5O2/c1-22(2)19-34(20-23-8-4-3-5-9-23)27-15-28(35(21-27)30(37)26-12-7-13-32-18-26)29(36)33-17-25-11-6-10-24(14-25)16-31/h3-5,7-9,12-13,18,22,24-25,27-28H,6,10-11,14-17,19-21,31H2,1-2H3,(H,33,36). The lowest BCUT2D eigenvalue weighted by Crippen LogP contribution is -2.47.